The number of rotatable bonds is 2. The average molecular weight is 329 g/mol. The Morgan fingerprint density at radius 2 is 1.95 bits per heavy atom. The van der Waals surface area contributed by atoms with E-state index in [1.807, 2.05) is 37.3 Å². The van der Waals surface area contributed by atoms with Gasteiger partial charge >= 0.3 is 0 Å². The number of nitrogen functional groups attached to an aromatic ring is 1. The second kappa shape index (κ2) is 5.09. The van der Waals surface area contributed by atoms with Gasteiger partial charge < -0.3 is 11.1 Å². The number of aryl methyl sites for hydroxylation is 1. The minimum Gasteiger partial charge on any atom is -0.399 e. The van der Waals surface area contributed by atoms with Crippen LogP contribution in [0.1, 0.15) is 5.56 Å². The van der Waals surface area contributed by atoms with E-state index in [0.717, 1.165) is 32.4 Å². The molecule has 0 fully saturated rings. The molecule has 0 atom stereocenters. The van der Waals surface area contributed by atoms with Crippen molar-refractivity contribution in [3.8, 4) is 0 Å². The lowest BCUT2D eigenvalue weighted by molar-refractivity contribution is 1.22. The summed E-state index contributed by atoms with van der Waals surface area (Å²) in [5, 5.41) is 4.27. The number of nitrogens with zero attached hydrogens (tertiary/aromatic N) is 2. The van der Waals surface area contributed by atoms with Crippen molar-refractivity contribution >= 4 is 44.0 Å². The largest absolute Gasteiger partial charge is 0.399 e. The molecule has 2 aromatic carbocycles. The molecule has 20 heavy (non-hydrogen) atoms. The van der Waals surface area contributed by atoms with Gasteiger partial charge in [0.1, 0.15) is 12.1 Å². The van der Waals surface area contributed by atoms with E-state index in [2.05, 4.69) is 37.3 Å². The third-order valence-corrected chi connectivity index (χ3v) is 3.97. The first-order chi connectivity index (χ1) is 9.63. The summed E-state index contributed by atoms with van der Waals surface area (Å²) >= 11 is 3.50. The summed E-state index contributed by atoms with van der Waals surface area (Å²) in [7, 11) is 0. The monoisotopic (exact) mass is 328 g/mol. The normalized spacial score (nSPS) is 10.7. The van der Waals surface area contributed by atoms with Crippen molar-refractivity contribution in [2.75, 3.05) is 11.1 Å². The molecule has 3 aromatic rings. The van der Waals surface area contributed by atoms with E-state index in [4.69, 9.17) is 5.73 Å². The van der Waals surface area contributed by atoms with Crippen LogP contribution < -0.4 is 11.1 Å². The number of benzene rings is 2. The summed E-state index contributed by atoms with van der Waals surface area (Å²) < 4.78 is 1.09. The van der Waals surface area contributed by atoms with Crippen LogP contribution in [-0.4, -0.2) is 9.97 Å². The lowest BCUT2D eigenvalue weighted by Gasteiger charge is -2.10. The summed E-state index contributed by atoms with van der Waals surface area (Å²) in [6, 6.07) is 11.7. The SMILES string of the molecule is Cc1cc(Nc2ncnc3cc(N)ccc23)ccc1Br. The molecule has 0 saturated carbocycles. The van der Waals surface area contributed by atoms with Gasteiger partial charge in [0.05, 0.1) is 5.52 Å². The van der Waals surface area contributed by atoms with Crippen molar-refractivity contribution in [3.63, 3.8) is 0 Å². The molecule has 100 valence electrons. The van der Waals surface area contributed by atoms with E-state index >= 15 is 0 Å². The zero-order valence-electron chi connectivity index (χ0n) is 10.9. The Morgan fingerprint density at radius 1 is 1.10 bits per heavy atom. The second-order valence-electron chi connectivity index (χ2n) is 4.59. The molecule has 1 aromatic heterocycles. The number of hydrogen-bond acceptors (Lipinski definition) is 4. The first-order valence-corrected chi connectivity index (χ1v) is 6.96. The van der Waals surface area contributed by atoms with E-state index in [1.54, 1.807) is 0 Å². The summed E-state index contributed by atoms with van der Waals surface area (Å²) in [4.78, 5) is 8.55. The summed E-state index contributed by atoms with van der Waals surface area (Å²) in [5.74, 6) is 0.775. The minimum absolute atomic E-state index is 0.696. The molecule has 0 aliphatic heterocycles. The number of aromatic nitrogens is 2. The number of anilines is 3. The lowest BCUT2D eigenvalue weighted by Crippen LogP contribution is -1.97. The van der Waals surface area contributed by atoms with Crippen LogP contribution >= 0.6 is 15.9 Å². The molecule has 0 unspecified atom stereocenters. The van der Waals surface area contributed by atoms with Crippen LogP contribution in [-0.2, 0) is 0 Å². The van der Waals surface area contributed by atoms with Gasteiger partial charge in [0.2, 0.25) is 0 Å². The molecule has 3 N–H and O–H groups in total. The Balaban J connectivity index is 2.04. The Kier molecular flexibility index (Phi) is 3.28. The summed E-state index contributed by atoms with van der Waals surface area (Å²) in [6.45, 7) is 2.05. The van der Waals surface area contributed by atoms with Gasteiger partial charge in [0, 0.05) is 21.2 Å². The highest BCUT2D eigenvalue weighted by atomic mass is 79.9. The first-order valence-electron chi connectivity index (χ1n) is 6.17. The fraction of sp³-hybridized carbons (Fsp3) is 0.0667. The highest BCUT2D eigenvalue weighted by Gasteiger charge is 2.05. The standard InChI is InChI=1S/C15H13BrN4/c1-9-6-11(3-5-13(9)16)20-15-12-4-2-10(17)7-14(12)18-8-19-15/h2-8H,17H2,1H3,(H,18,19,20). The van der Waals surface area contributed by atoms with Gasteiger partial charge in [-0.05, 0) is 48.9 Å². The molecular weight excluding hydrogens is 316 g/mol. The van der Waals surface area contributed by atoms with E-state index in [9.17, 15) is 0 Å². The zero-order valence-corrected chi connectivity index (χ0v) is 12.5. The van der Waals surface area contributed by atoms with E-state index in [0.29, 0.717) is 5.69 Å². The molecule has 0 aliphatic rings. The average Bonchev–Trinajstić information content (AvgIpc) is 2.43. The minimum atomic E-state index is 0.696. The smallest absolute Gasteiger partial charge is 0.141 e. The highest BCUT2D eigenvalue weighted by molar-refractivity contribution is 9.10. The lowest BCUT2D eigenvalue weighted by atomic mass is 10.2. The van der Waals surface area contributed by atoms with Crippen LogP contribution in [0.15, 0.2) is 47.2 Å². The summed E-state index contributed by atoms with van der Waals surface area (Å²) in [5.41, 5.74) is 9.46. The molecule has 0 aliphatic carbocycles. The maximum atomic E-state index is 5.78. The molecular formula is C15H13BrN4. The number of hydrogen-bond donors (Lipinski definition) is 2. The Labute approximate surface area is 125 Å². The molecule has 0 bridgehead atoms. The molecule has 4 nitrogen and oxygen atoms in total. The van der Waals surface area contributed by atoms with Gasteiger partial charge in [-0.2, -0.15) is 0 Å². The van der Waals surface area contributed by atoms with Gasteiger partial charge in [-0.15, -0.1) is 0 Å². The van der Waals surface area contributed by atoms with Gasteiger partial charge in [-0.3, -0.25) is 0 Å². The first kappa shape index (κ1) is 12.9. The highest BCUT2D eigenvalue weighted by Crippen LogP contribution is 2.26. The molecule has 0 radical (unpaired) electrons. The predicted octanol–water partition coefficient (Wildman–Crippen LogP) is 4.03. The van der Waals surface area contributed by atoms with Crippen molar-refractivity contribution in [1.29, 1.82) is 0 Å². The Hall–Kier alpha value is -2.14. The molecule has 1 heterocycles. The third-order valence-electron chi connectivity index (χ3n) is 3.08. The summed E-state index contributed by atoms with van der Waals surface area (Å²) in [6.07, 6.45) is 1.54. The van der Waals surface area contributed by atoms with E-state index in [-0.39, 0.29) is 0 Å². The third kappa shape index (κ3) is 2.44. The van der Waals surface area contributed by atoms with Crippen LogP contribution in [0.4, 0.5) is 17.2 Å². The van der Waals surface area contributed by atoms with Crippen molar-refractivity contribution in [2.24, 2.45) is 0 Å². The molecule has 0 saturated heterocycles. The molecule has 3 rings (SSSR count). The quantitative estimate of drug-likeness (QED) is 0.697. The molecule has 0 spiro atoms. The van der Waals surface area contributed by atoms with Crippen LogP contribution in [0, 0.1) is 6.92 Å². The number of halogens is 1. The molecule has 5 heteroatoms. The Bertz CT molecular complexity index is 786. The maximum absolute atomic E-state index is 5.78. The number of nitrogens with two attached hydrogens (primary N) is 1. The fourth-order valence-electron chi connectivity index (χ4n) is 2.03. The van der Waals surface area contributed by atoms with Crippen LogP contribution in [0.3, 0.4) is 0 Å². The van der Waals surface area contributed by atoms with Gasteiger partial charge in [0.15, 0.2) is 0 Å². The van der Waals surface area contributed by atoms with Crippen molar-refractivity contribution in [3.05, 3.63) is 52.8 Å². The van der Waals surface area contributed by atoms with Crippen LogP contribution in [0.5, 0.6) is 0 Å². The predicted molar refractivity (Wildman–Crippen MR) is 86.1 cm³/mol. The van der Waals surface area contributed by atoms with Crippen LogP contribution in [0.25, 0.3) is 10.9 Å². The van der Waals surface area contributed by atoms with Gasteiger partial charge in [-0.25, -0.2) is 9.97 Å². The number of fused-ring (bicyclic) bond motifs is 1. The van der Waals surface area contributed by atoms with Crippen molar-refractivity contribution in [2.45, 2.75) is 6.92 Å². The van der Waals surface area contributed by atoms with Crippen molar-refractivity contribution in [1.82, 2.24) is 9.97 Å². The zero-order chi connectivity index (χ0) is 14.1. The number of nitrogens with one attached hydrogen (secondary N) is 1. The van der Waals surface area contributed by atoms with Crippen molar-refractivity contribution < 1.29 is 0 Å². The van der Waals surface area contributed by atoms with E-state index in [1.165, 1.54) is 6.33 Å². The van der Waals surface area contributed by atoms with Gasteiger partial charge in [-0.1, -0.05) is 15.9 Å². The van der Waals surface area contributed by atoms with E-state index < -0.39 is 0 Å². The fourth-order valence-corrected chi connectivity index (χ4v) is 2.28. The van der Waals surface area contributed by atoms with Crippen LogP contribution in [0.2, 0.25) is 0 Å². The molecule has 0 amide bonds. The van der Waals surface area contributed by atoms with Gasteiger partial charge in [0.25, 0.3) is 0 Å². The Morgan fingerprint density at radius 3 is 2.75 bits per heavy atom. The topological polar surface area (TPSA) is 63.8 Å². The maximum Gasteiger partial charge on any atom is 0.141 e. The second-order valence-corrected chi connectivity index (χ2v) is 5.44.